The number of hydrogen-bond donors (Lipinski definition) is 0. The molecule has 1 atom stereocenters. The Hall–Kier alpha value is -0.740. The highest BCUT2D eigenvalue weighted by Crippen LogP contribution is 2.32. The van der Waals surface area contributed by atoms with Gasteiger partial charge in [-0.25, -0.2) is 0 Å². The molecule has 16 heavy (non-hydrogen) atoms. The van der Waals surface area contributed by atoms with Gasteiger partial charge in [-0.05, 0) is 27.2 Å². The maximum Gasteiger partial charge on any atom is 0.163 e. The summed E-state index contributed by atoms with van der Waals surface area (Å²) in [4.78, 5) is 28.6. The lowest BCUT2D eigenvalue weighted by Crippen LogP contribution is -2.46. The molecule has 0 spiro atoms. The summed E-state index contributed by atoms with van der Waals surface area (Å²) in [6.07, 6.45) is 0.378. The molecule has 4 nitrogen and oxygen atoms in total. The predicted molar refractivity (Wildman–Crippen MR) is 62.9 cm³/mol. The van der Waals surface area contributed by atoms with E-state index in [1.165, 1.54) is 18.9 Å². The molecule has 0 rings (SSSR count). The fourth-order valence-corrected chi connectivity index (χ4v) is 1.59. The standard InChI is InChI=1S/C12H23NO3/c1-9(14)11(3,4)8-12(5,10(2)15)16-13(6)7/h8H2,1-7H3. The maximum atomic E-state index is 11.6. The van der Waals surface area contributed by atoms with E-state index in [-0.39, 0.29) is 11.6 Å². The summed E-state index contributed by atoms with van der Waals surface area (Å²) < 4.78 is 0. The van der Waals surface area contributed by atoms with Gasteiger partial charge in [0.2, 0.25) is 0 Å². The highest BCUT2D eigenvalue weighted by Gasteiger charge is 2.40. The Morgan fingerprint density at radius 3 is 1.75 bits per heavy atom. The Morgan fingerprint density at radius 2 is 1.50 bits per heavy atom. The average Bonchev–Trinajstić information content (AvgIpc) is 2.00. The number of hydrogen-bond acceptors (Lipinski definition) is 4. The van der Waals surface area contributed by atoms with Crippen molar-refractivity contribution < 1.29 is 14.4 Å². The van der Waals surface area contributed by atoms with Crippen LogP contribution in [0.25, 0.3) is 0 Å². The molecule has 0 aromatic carbocycles. The van der Waals surface area contributed by atoms with Crippen LogP contribution in [0.1, 0.15) is 41.0 Å². The maximum absolute atomic E-state index is 11.6. The topological polar surface area (TPSA) is 46.6 Å². The Labute approximate surface area is 97.9 Å². The Morgan fingerprint density at radius 1 is 1.06 bits per heavy atom. The second-order valence-electron chi connectivity index (χ2n) is 5.31. The third kappa shape index (κ3) is 4.02. The average molecular weight is 229 g/mol. The second kappa shape index (κ2) is 5.06. The SMILES string of the molecule is CC(=O)C(C)(C)CC(C)(ON(C)C)C(C)=O. The van der Waals surface area contributed by atoms with Crippen molar-refractivity contribution >= 4 is 11.6 Å². The van der Waals surface area contributed by atoms with Gasteiger partial charge in [-0.15, -0.1) is 0 Å². The van der Waals surface area contributed by atoms with Crippen molar-refractivity contribution in [3.05, 3.63) is 0 Å². The van der Waals surface area contributed by atoms with Crippen molar-refractivity contribution in [3.63, 3.8) is 0 Å². The molecule has 94 valence electrons. The molecule has 0 aromatic rings. The quantitative estimate of drug-likeness (QED) is 0.652. The van der Waals surface area contributed by atoms with Crippen molar-refractivity contribution in [2.24, 2.45) is 5.41 Å². The molecular formula is C12H23NO3. The summed E-state index contributed by atoms with van der Waals surface area (Å²) in [5, 5.41) is 1.50. The predicted octanol–water partition coefficient (Wildman–Crippen LogP) is 1.83. The molecule has 0 aromatic heterocycles. The van der Waals surface area contributed by atoms with E-state index in [1.807, 2.05) is 13.8 Å². The molecule has 0 amide bonds. The number of nitrogens with zero attached hydrogens (tertiary/aromatic N) is 1. The lowest BCUT2D eigenvalue weighted by molar-refractivity contribution is -0.219. The first kappa shape index (κ1) is 15.3. The molecule has 0 bridgehead atoms. The van der Waals surface area contributed by atoms with Crippen molar-refractivity contribution in [2.45, 2.75) is 46.6 Å². The lowest BCUT2D eigenvalue weighted by atomic mass is 9.77. The van der Waals surface area contributed by atoms with Crippen LogP contribution in [0, 0.1) is 5.41 Å². The number of carbonyl (C=O) groups is 2. The van der Waals surface area contributed by atoms with Gasteiger partial charge < -0.3 is 0 Å². The third-order valence-corrected chi connectivity index (χ3v) is 2.86. The summed E-state index contributed by atoms with van der Waals surface area (Å²) in [6.45, 7) is 8.40. The monoisotopic (exact) mass is 229 g/mol. The fourth-order valence-electron chi connectivity index (χ4n) is 1.59. The van der Waals surface area contributed by atoms with Crippen LogP contribution in [0.4, 0.5) is 0 Å². The van der Waals surface area contributed by atoms with Crippen molar-refractivity contribution in [1.82, 2.24) is 5.06 Å². The van der Waals surface area contributed by atoms with E-state index in [4.69, 9.17) is 4.84 Å². The smallest absolute Gasteiger partial charge is 0.163 e. The van der Waals surface area contributed by atoms with Gasteiger partial charge in [-0.1, -0.05) is 13.8 Å². The first-order chi connectivity index (χ1) is 7.01. The van der Waals surface area contributed by atoms with Crippen LogP contribution in [0.2, 0.25) is 0 Å². The number of ketones is 2. The normalized spacial score (nSPS) is 16.0. The van der Waals surface area contributed by atoms with Crippen LogP contribution in [0.5, 0.6) is 0 Å². The zero-order valence-corrected chi connectivity index (χ0v) is 11.4. The van der Waals surface area contributed by atoms with E-state index in [0.29, 0.717) is 6.42 Å². The van der Waals surface area contributed by atoms with Crippen molar-refractivity contribution in [3.8, 4) is 0 Å². The van der Waals surface area contributed by atoms with E-state index in [0.717, 1.165) is 0 Å². The van der Waals surface area contributed by atoms with Gasteiger partial charge in [-0.3, -0.25) is 14.4 Å². The molecule has 0 aliphatic rings. The number of carbonyl (C=O) groups excluding carboxylic acids is 2. The van der Waals surface area contributed by atoms with Crippen LogP contribution >= 0.6 is 0 Å². The van der Waals surface area contributed by atoms with Crippen LogP contribution in [-0.2, 0) is 14.4 Å². The molecule has 0 aliphatic heterocycles. The second-order valence-corrected chi connectivity index (χ2v) is 5.31. The van der Waals surface area contributed by atoms with Gasteiger partial charge in [-0.2, -0.15) is 5.06 Å². The molecular weight excluding hydrogens is 206 g/mol. The van der Waals surface area contributed by atoms with Crippen molar-refractivity contribution in [2.75, 3.05) is 14.1 Å². The van der Waals surface area contributed by atoms with E-state index < -0.39 is 11.0 Å². The highest BCUT2D eigenvalue weighted by molar-refractivity contribution is 5.87. The van der Waals surface area contributed by atoms with Gasteiger partial charge in [0.05, 0.1) is 0 Å². The zero-order chi connectivity index (χ0) is 13.1. The summed E-state index contributed by atoms with van der Waals surface area (Å²) in [5.74, 6) is -0.0159. The minimum atomic E-state index is -0.946. The molecule has 0 heterocycles. The van der Waals surface area contributed by atoms with Gasteiger partial charge in [0.25, 0.3) is 0 Å². The van der Waals surface area contributed by atoms with E-state index >= 15 is 0 Å². The van der Waals surface area contributed by atoms with Crippen LogP contribution in [0.15, 0.2) is 0 Å². The van der Waals surface area contributed by atoms with Crippen LogP contribution < -0.4 is 0 Å². The number of rotatable bonds is 6. The van der Waals surface area contributed by atoms with Gasteiger partial charge in [0.1, 0.15) is 11.4 Å². The molecule has 0 saturated heterocycles. The van der Waals surface area contributed by atoms with Crippen LogP contribution in [0.3, 0.4) is 0 Å². The summed E-state index contributed by atoms with van der Waals surface area (Å²) >= 11 is 0. The molecule has 0 saturated carbocycles. The molecule has 0 radical (unpaired) electrons. The largest absolute Gasteiger partial charge is 0.299 e. The molecule has 1 unspecified atom stereocenters. The minimum Gasteiger partial charge on any atom is -0.299 e. The summed E-state index contributed by atoms with van der Waals surface area (Å²) in [7, 11) is 3.45. The van der Waals surface area contributed by atoms with E-state index in [2.05, 4.69) is 0 Å². The Kier molecular flexibility index (Phi) is 4.83. The first-order valence-electron chi connectivity index (χ1n) is 5.40. The first-order valence-corrected chi connectivity index (χ1v) is 5.40. The number of Topliss-reactive ketones (excluding diaryl/α,β-unsaturated/α-hetero) is 2. The summed E-state index contributed by atoms with van der Waals surface area (Å²) in [6, 6.07) is 0. The zero-order valence-electron chi connectivity index (χ0n) is 11.4. The van der Waals surface area contributed by atoms with E-state index in [9.17, 15) is 9.59 Å². The van der Waals surface area contributed by atoms with Crippen LogP contribution in [-0.4, -0.2) is 36.3 Å². The van der Waals surface area contributed by atoms with Gasteiger partial charge in [0, 0.05) is 19.5 Å². The number of hydroxylamine groups is 2. The van der Waals surface area contributed by atoms with Crippen molar-refractivity contribution in [1.29, 1.82) is 0 Å². The fraction of sp³-hybridized carbons (Fsp3) is 0.833. The lowest BCUT2D eigenvalue weighted by Gasteiger charge is -2.35. The Bertz CT molecular complexity index is 284. The molecule has 0 N–H and O–H groups in total. The summed E-state index contributed by atoms with van der Waals surface area (Å²) in [5.41, 5.74) is -1.50. The van der Waals surface area contributed by atoms with E-state index in [1.54, 1.807) is 21.0 Å². The molecule has 0 aliphatic carbocycles. The molecule has 4 heteroatoms. The Balaban J connectivity index is 4.95. The molecule has 0 fully saturated rings. The van der Waals surface area contributed by atoms with Gasteiger partial charge in [0.15, 0.2) is 5.78 Å². The van der Waals surface area contributed by atoms with Gasteiger partial charge >= 0.3 is 0 Å². The minimum absolute atomic E-state index is 0.0577. The third-order valence-electron chi connectivity index (χ3n) is 2.86. The highest BCUT2D eigenvalue weighted by atomic mass is 16.7.